The number of imidazole rings is 1. The van der Waals surface area contributed by atoms with Crippen molar-refractivity contribution in [3.05, 3.63) is 18.7 Å². The smallest absolute Gasteiger partial charge is 0.191 e. The molecule has 0 bridgehead atoms. The maximum atomic E-state index is 4.19. The summed E-state index contributed by atoms with van der Waals surface area (Å²) in [6, 6.07) is 0. The molecule has 0 saturated carbocycles. The van der Waals surface area contributed by atoms with E-state index in [0.29, 0.717) is 0 Å². The van der Waals surface area contributed by atoms with E-state index < -0.39 is 0 Å². The van der Waals surface area contributed by atoms with Gasteiger partial charge in [0.15, 0.2) is 5.96 Å². The zero-order valence-corrected chi connectivity index (χ0v) is 14.8. The molecule has 1 rings (SSSR count). The molecule has 0 radical (unpaired) electrons. The molecule has 0 aliphatic heterocycles. The Hall–Kier alpha value is -0.440. The number of nitrogens with one attached hydrogen (secondary N) is 2. The second-order valence-electron chi connectivity index (χ2n) is 3.93. The van der Waals surface area contributed by atoms with Crippen LogP contribution in [0.3, 0.4) is 0 Å². The first-order valence-electron chi connectivity index (χ1n) is 6.26. The fraction of sp³-hybridized carbons (Fsp3) is 0.667. The van der Waals surface area contributed by atoms with Gasteiger partial charge in [0.25, 0.3) is 0 Å². The number of halogens is 1. The van der Waals surface area contributed by atoms with Gasteiger partial charge in [0.2, 0.25) is 0 Å². The molecule has 0 aliphatic carbocycles. The fourth-order valence-corrected chi connectivity index (χ4v) is 2.01. The van der Waals surface area contributed by atoms with E-state index in [-0.39, 0.29) is 24.0 Å². The highest BCUT2D eigenvalue weighted by Crippen LogP contribution is 1.97. The van der Waals surface area contributed by atoms with Crippen molar-refractivity contribution in [3.8, 4) is 0 Å². The van der Waals surface area contributed by atoms with E-state index in [0.717, 1.165) is 25.6 Å². The summed E-state index contributed by atoms with van der Waals surface area (Å²) in [4.78, 5) is 8.19. The molecule has 110 valence electrons. The van der Waals surface area contributed by atoms with Crippen molar-refractivity contribution in [2.45, 2.75) is 19.4 Å². The number of aliphatic imine (C=N–C) groups is 1. The predicted molar refractivity (Wildman–Crippen MR) is 94.6 cm³/mol. The van der Waals surface area contributed by atoms with Gasteiger partial charge in [0.05, 0.1) is 6.33 Å². The summed E-state index contributed by atoms with van der Waals surface area (Å²) < 4.78 is 2.04. The number of unbranched alkanes of at least 4 members (excludes halogenated alkanes) is 1. The molecule has 0 unspecified atom stereocenters. The number of thioether (sulfide) groups is 1. The number of guanidine groups is 1. The van der Waals surface area contributed by atoms with Crippen LogP contribution in [0.15, 0.2) is 23.7 Å². The first-order chi connectivity index (χ1) is 8.86. The first-order valence-corrected chi connectivity index (χ1v) is 7.65. The molecule has 0 spiro atoms. The van der Waals surface area contributed by atoms with Gasteiger partial charge in [-0.3, -0.25) is 4.99 Å². The third-order valence-electron chi connectivity index (χ3n) is 2.51. The van der Waals surface area contributed by atoms with E-state index in [1.165, 1.54) is 18.6 Å². The van der Waals surface area contributed by atoms with Gasteiger partial charge in [0, 0.05) is 39.1 Å². The molecule has 19 heavy (non-hydrogen) atoms. The molecule has 0 fully saturated rings. The highest BCUT2D eigenvalue weighted by molar-refractivity contribution is 14.0. The molecule has 0 atom stereocenters. The minimum absolute atomic E-state index is 0. The van der Waals surface area contributed by atoms with E-state index in [9.17, 15) is 0 Å². The Bertz CT molecular complexity index is 329. The number of hydrogen-bond donors (Lipinski definition) is 2. The minimum Gasteiger partial charge on any atom is -0.356 e. The van der Waals surface area contributed by atoms with Crippen LogP contribution >= 0.6 is 35.7 Å². The van der Waals surface area contributed by atoms with E-state index >= 15 is 0 Å². The topological polar surface area (TPSA) is 54.2 Å². The summed E-state index contributed by atoms with van der Waals surface area (Å²) in [5, 5.41) is 6.60. The molecular weight excluding hydrogens is 373 g/mol. The Morgan fingerprint density at radius 1 is 1.32 bits per heavy atom. The molecule has 1 heterocycles. The van der Waals surface area contributed by atoms with Crippen molar-refractivity contribution >= 4 is 41.7 Å². The number of nitrogens with zero attached hydrogens (tertiary/aromatic N) is 3. The molecule has 0 amide bonds. The van der Waals surface area contributed by atoms with Crippen molar-refractivity contribution in [1.29, 1.82) is 0 Å². The van der Waals surface area contributed by atoms with Gasteiger partial charge in [0.1, 0.15) is 0 Å². The maximum Gasteiger partial charge on any atom is 0.191 e. The van der Waals surface area contributed by atoms with Gasteiger partial charge < -0.3 is 15.2 Å². The Labute approximate surface area is 137 Å². The van der Waals surface area contributed by atoms with Crippen molar-refractivity contribution in [2.24, 2.45) is 4.99 Å². The third kappa shape index (κ3) is 9.15. The number of rotatable bonds is 8. The molecule has 0 aromatic carbocycles. The molecule has 2 N–H and O–H groups in total. The average Bonchev–Trinajstić information content (AvgIpc) is 2.89. The van der Waals surface area contributed by atoms with Gasteiger partial charge in [-0.05, 0) is 24.9 Å². The molecule has 1 aromatic rings. The van der Waals surface area contributed by atoms with E-state index in [2.05, 4.69) is 26.9 Å². The monoisotopic (exact) mass is 397 g/mol. The predicted octanol–water partition coefficient (Wildman–Crippen LogP) is 1.81. The molecule has 7 heteroatoms. The fourth-order valence-electron chi connectivity index (χ4n) is 1.52. The molecule has 0 saturated heterocycles. The lowest BCUT2D eigenvalue weighted by Gasteiger charge is -2.11. The maximum absolute atomic E-state index is 4.19. The lowest BCUT2D eigenvalue weighted by atomic mass is 10.3. The largest absolute Gasteiger partial charge is 0.356 e. The Balaban J connectivity index is 0.00000324. The number of aromatic nitrogens is 2. The standard InChI is InChI=1S/C12H23N5S.HI/c1-13-12(15-5-3-4-10-18-2)16-7-9-17-8-6-14-11-17;/h6,8,11H,3-5,7,9-10H2,1-2H3,(H2,13,15,16);1H. The zero-order chi connectivity index (χ0) is 13.1. The van der Waals surface area contributed by atoms with Crippen molar-refractivity contribution in [1.82, 2.24) is 20.2 Å². The summed E-state index contributed by atoms with van der Waals surface area (Å²) in [6.07, 6.45) is 10.1. The lowest BCUT2D eigenvalue weighted by molar-refractivity contribution is 0.656. The van der Waals surface area contributed by atoms with E-state index in [4.69, 9.17) is 0 Å². The molecular formula is C12H24IN5S. The van der Waals surface area contributed by atoms with Gasteiger partial charge in [-0.25, -0.2) is 4.98 Å². The number of hydrogen-bond acceptors (Lipinski definition) is 3. The van der Waals surface area contributed by atoms with E-state index in [1.54, 1.807) is 13.2 Å². The van der Waals surface area contributed by atoms with Crippen LogP contribution in [0.4, 0.5) is 0 Å². The van der Waals surface area contributed by atoms with E-state index in [1.807, 2.05) is 28.9 Å². The highest BCUT2D eigenvalue weighted by atomic mass is 127. The zero-order valence-electron chi connectivity index (χ0n) is 11.6. The van der Waals surface area contributed by atoms with Crippen LogP contribution in [-0.2, 0) is 6.54 Å². The Morgan fingerprint density at radius 3 is 2.74 bits per heavy atom. The van der Waals surface area contributed by atoms with Crippen molar-refractivity contribution in [3.63, 3.8) is 0 Å². The summed E-state index contributed by atoms with van der Waals surface area (Å²) in [6.45, 7) is 2.72. The third-order valence-corrected chi connectivity index (χ3v) is 3.21. The summed E-state index contributed by atoms with van der Waals surface area (Å²) in [5.41, 5.74) is 0. The normalized spacial score (nSPS) is 10.9. The van der Waals surface area contributed by atoms with Crippen molar-refractivity contribution in [2.75, 3.05) is 32.1 Å². The van der Waals surface area contributed by atoms with Crippen LogP contribution in [0.25, 0.3) is 0 Å². The van der Waals surface area contributed by atoms with Crippen LogP contribution in [-0.4, -0.2) is 47.7 Å². The molecule has 1 aromatic heterocycles. The summed E-state index contributed by atoms with van der Waals surface area (Å²) >= 11 is 1.90. The van der Waals surface area contributed by atoms with Crippen LogP contribution in [0.1, 0.15) is 12.8 Å². The average molecular weight is 397 g/mol. The summed E-state index contributed by atoms with van der Waals surface area (Å²) in [5.74, 6) is 2.10. The van der Waals surface area contributed by atoms with Gasteiger partial charge in [-0.1, -0.05) is 0 Å². The second kappa shape index (κ2) is 12.6. The highest BCUT2D eigenvalue weighted by Gasteiger charge is 1.96. The first kappa shape index (κ1) is 18.6. The lowest BCUT2D eigenvalue weighted by Crippen LogP contribution is -2.39. The van der Waals surface area contributed by atoms with Crippen LogP contribution in [0, 0.1) is 0 Å². The minimum atomic E-state index is 0. The SMILES string of the molecule is CN=C(NCCCCSC)NCCn1ccnc1.I. The molecule has 0 aliphatic rings. The van der Waals surface area contributed by atoms with Crippen LogP contribution in [0.2, 0.25) is 0 Å². The quantitative estimate of drug-likeness (QED) is 0.304. The van der Waals surface area contributed by atoms with Crippen LogP contribution in [0.5, 0.6) is 0 Å². The van der Waals surface area contributed by atoms with Gasteiger partial charge >= 0.3 is 0 Å². The van der Waals surface area contributed by atoms with Crippen LogP contribution < -0.4 is 10.6 Å². The second-order valence-corrected chi connectivity index (χ2v) is 4.91. The van der Waals surface area contributed by atoms with Crippen molar-refractivity contribution < 1.29 is 0 Å². The Kier molecular flexibility index (Phi) is 12.3. The van der Waals surface area contributed by atoms with Gasteiger partial charge in [-0.15, -0.1) is 24.0 Å². The summed E-state index contributed by atoms with van der Waals surface area (Å²) in [7, 11) is 1.80. The van der Waals surface area contributed by atoms with Gasteiger partial charge in [-0.2, -0.15) is 11.8 Å². The molecule has 5 nitrogen and oxygen atoms in total. The Morgan fingerprint density at radius 2 is 2.11 bits per heavy atom.